The van der Waals surface area contributed by atoms with Gasteiger partial charge in [-0.05, 0) is 49.2 Å². The molecule has 2 heterocycles. The fraction of sp³-hybridized carbons (Fsp3) is 0.261. The monoisotopic (exact) mass is 562 g/mol. The molecule has 2 aromatic rings. The van der Waals surface area contributed by atoms with Gasteiger partial charge in [-0.3, -0.25) is 14.5 Å². The quantitative estimate of drug-likeness (QED) is 0.143. The summed E-state index contributed by atoms with van der Waals surface area (Å²) >= 11 is 6.12. The number of nitrogens with zero attached hydrogens (tertiary/aromatic N) is 2. The second kappa shape index (κ2) is 11.0. The number of carbonyl (C=O) groups excluding carboxylic acids is 2. The van der Waals surface area contributed by atoms with Crippen molar-refractivity contribution < 1.29 is 45.8 Å². The Balaban J connectivity index is 1.82. The second-order valence-corrected chi connectivity index (χ2v) is 9.44. The summed E-state index contributed by atoms with van der Waals surface area (Å²) in [7, 11) is 0. The Morgan fingerprint density at radius 1 is 1.03 bits per heavy atom. The van der Waals surface area contributed by atoms with Crippen LogP contribution in [0.25, 0.3) is 17.3 Å². The molecule has 1 aromatic heterocycles. The molecule has 1 aromatic carbocycles. The number of alkyl halides is 6. The van der Waals surface area contributed by atoms with E-state index in [1.807, 2.05) is 0 Å². The van der Waals surface area contributed by atoms with Crippen LogP contribution >= 0.6 is 24.0 Å². The number of Topliss-reactive ketones (excluding diaryl/α,β-unsaturated/α-hetero) is 1. The van der Waals surface area contributed by atoms with Crippen molar-refractivity contribution in [3.63, 3.8) is 0 Å². The van der Waals surface area contributed by atoms with Crippen molar-refractivity contribution in [3.8, 4) is 11.3 Å². The standard InChI is InChI=1S/C23H16F6N2O4S2/c24-22(25,26)13-8-12(9-14(10-13)23(27,28)29)16-5-3-4-15(30-16)11-18-19(33)31(21(36)37-18)7-2-1-6-17(32)20(34)35/h3-5,8-11H,1-2,6-7H2,(H,34,35)/b18-11-. The molecule has 14 heteroatoms. The molecule has 0 radical (unpaired) electrons. The van der Waals surface area contributed by atoms with E-state index in [-0.39, 0.29) is 46.1 Å². The highest BCUT2D eigenvalue weighted by Gasteiger charge is 2.37. The topological polar surface area (TPSA) is 87.6 Å². The van der Waals surface area contributed by atoms with Crippen molar-refractivity contribution in [2.24, 2.45) is 0 Å². The second-order valence-electron chi connectivity index (χ2n) is 7.76. The molecule has 1 saturated heterocycles. The lowest BCUT2D eigenvalue weighted by molar-refractivity contribution is -0.149. The van der Waals surface area contributed by atoms with Crippen LogP contribution in [-0.4, -0.2) is 43.5 Å². The Labute approximate surface area is 215 Å². The van der Waals surface area contributed by atoms with Gasteiger partial charge in [0.1, 0.15) is 4.32 Å². The molecule has 0 aliphatic carbocycles. The molecule has 0 saturated carbocycles. The Bertz CT molecular complexity index is 1260. The van der Waals surface area contributed by atoms with Crippen molar-refractivity contribution in [1.29, 1.82) is 0 Å². The van der Waals surface area contributed by atoms with Gasteiger partial charge >= 0.3 is 18.3 Å². The van der Waals surface area contributed by atoms with Crippen LogP contribution in [0.1, 0.15) is 36.1 Å². The fourth-order valence-corrected chi connectivity index (χ4v) is 4.58. The van der Waals surface area contributed by atoms with Gasteiger partial charge in [0, 0.05) is 18.5 Å². The molecule has 1 aliphatic rings. The molecular weight excluding hydrogens is 546 g/mol. The van der Waals surface area contributed by atoms with Gasteiger partial charge in [0.05, 0.1) is 27.4 Å². The molecule has 0 atom stereocenters. The number of halogens is 6. The molecule has 1 aliphatic heterocycles. The van der Waals surface area contributed by atoms with Crippen molar-refractivity contribution >= 4 is 52.0 Å². The molecule has 0 bridgehead atoms. The maximum Gasteiger partial charge on any atom is 0.416 e. The van der Waals surface area contributed by atoms with Gasteiger partial charge in [0.25, 0.3) is 5.91 Å². The zero-order valence-corrected chi connectivity index (χ0v) is 20.2. The van der Waals surface area contributed by atoms with Gasteiger partial charge in [-0.2, -0.15) is 26.3 Å². The minimum absolute atomic E-state index is 0.0241. The van der Waals surface area contributed by atoms with Gasteiger partial charge in [0.15, 0.2) is 0 Å². The van der Waals surface area contributed by atoms with E-state index in [2.05, 4.69) is 4.98 Å². The first kappa shape index (κ1) is 28.3. The lowest BCUT2D eigenvalue weighted by atomic mass is 10.0. The maximum absolute atomic E-state index is 13.2. The molecular formula is C23H16F6N2O4S2. The smallest absolute Gasteiger partial charge is 0.416 e. The third-order valence-electron chi connectivity index (χ3n) is 5.08. The molecule has 37 heavy (non-hydrogen) atoms. The number of carbonyl (C=O) groups is 3. The van der Waals surface area contributed by atoms with E-state index in [9.17, 15) is 40.7 Å². The molecule has 3 rings (SSSR count). The summed E-state index contributed by atoms with van der Waals surface area (Å²) in [4.78, 5) is 39.9. The average Bonchev–Trinajstić information content (AvgIpc) is 3.07. The highest BCUT2D eigenvalue weighted by Crippen LogP contribution is 2.38. The van der Waals surface area contributed by atoms with Crippen LogP contribution in [0.3, 0.4) is 0 Å². The molecule has 0 spiro atoms. The highest BCUT2D eigenvalue weighted by atomic mass is 32.2. The van der Waals surface area contributed by atoms with Crippen molar-refractivity contribution in [2.45, 2.75) is 31.6 Å². The normalized spacial score (nSPS) is 15.5. The number of thiocarbonyl (C=S) groups is 1. The van der Waals surface area contributed by atoms with Crippen molar-refractivity contribution in [1.82, 2.24) is 9.88 Å². The molecule has 1 fully saturated rings. The van der Waals surface area contributed by atoms with Crippen molar-refractivity contribution in [2.75, 3.05) is 6.54 Å². The Hall–Kier alpha value is -3.26. The van der Waals surface area contributed by atoms with E-state index in [0.717, 1.165) is 11.8 Å². The third kappa shape index (κ3) is 7.16. The number of hydrogen-bond acceptors (Lipinski definition) is 6. The first-order valence-electron chi connectivity index (χ1n) is 10.4. The van der Waals surface area contributed by atoms with Crippen LogP contribution in [0.5, 0.6) is 0 Å². The number of benzene rings is 1. The summed E-state index contributed by atoms with van der Waals surface area (Å²) in [5.41, 5.74) is -3.41. The van der Waals surface area contributed by atoms with E-state index in [1.54, 1.807) is 0 Å². The van der Waals surface area contributed by atoms with Crippen molar-refractivity contribution in [3.05, 3.63) is 58.1 Å². The number of aromatic nitrogens is 1. The molecule has 1 N–H and O–H groups in total. The number of carboxylic acid groups (broad SMARTS) is 1. The van der Waals surface area contributed by atoms with Crippen LogP contribution in [0, 0.1) is 0 Å². The van der Waals surface area contributed by atoms with Crippen LogP contribution in [0.2, 0.25) is 0 Å². The average molecular weight is 563 g/mol. The SMILES string of the molecule is O=C(O)C(=O)CCCCN1C(=O)/C(=C/c2cccc(-c3cc(C(F)(F)F)cc(C(F)(F)F)c3)n2)SC1=S. The predicted molar refractivity (Wildman–Crippen MR) is 126 cm³/mol. The van der Waals surface area contributed by atoms with Crippen LogP contribution in [-0.2, 0) is 26.7 Å². The molecule has 6 nitrogen and oxygen atoms in total. The van der Waals surface area contributed by atoms with E-state index in [0.29, 0.717) is 18.6 Å². The van der Waals surface area contributed by atoms with E-state index < -0.39 is 46.7 Å². The lowest BCUT2D eigenvalue weighted by Crippen LogP contribution is -2.29. The number of thioether (sulfide) groups is 1. The summed E-state index contributed by atoms with van der Waals surface area (Å²) in [6.45, 7) is 0.132. The third-order valence-corrected chi connectivity index (χ3v) is 6.46. The molecule has 1 amide bonds. The first-order chi connectivity index (χ1) is 17.2. The summed E-state index contributed by atoms with van der Waals surface area (Å²) < 4.78 is 79.4. The lowest BCUT2D eigenvalue weighted by Gasteiger charge is -2.14. The summed E-state index contributed by atoms with van der Waals surface area (Å²) in [6.07, 6.45) is -8.37. The Morgan fingerprint density at radius 2 is 1.65 bits per heavy atom. The van der Waals surface area contributed by atoms with Gasteiger partial charge in [-0.15, -0.1) is 0 Å². The minimum atomic E-state index is -5.01. The number of pyridine rings is 1. The zero-order valence-electron chi connectivity index (χ0n) is 18.5. The van der Waals surface area contributed by atoms with Crippen LogP contribution in [0.15, 0.2) is 41.3 Å². The highest BCUT2D eigenvalue weighted by molar-refractivity contribution is 8.26. The van der Waals surface area contributed by atoms with E-state index >= 15 is 0 Å². The zero-order chi connectivity index (χ0) is 27.5. The number of hydrogen-bond donors (Lipinski definition) is 1. The number of unbranched alkanes of at least 4 members (excludes halogenated alkanes) is 1. The Morgan fingerprint density at radius 3 is 2.22 bits per heavy atom. The minimum Gasteiger partial charge on any atom is -0.476 e. The van der Waals surface area contributed by atoms with Crippen LogP contribution in [0.4, 0.5) is 26.3 Å². The fourth-order valence-electron chi connectivity index (χ4n) is 3.28. The summed E-state index contributed by atoms with van der Waals surface area (Å²) in [5.74, 6) is -2.98. The first-order valence-corrected chi connectivity index (χ1v) is 11.7. The van der Waals surface area contributed by atoms with Gasteiger partial charge in [-0.25, -0.2) is 9.78 Å². The van der Waals surface area contributed by atoms with E-state index in [1.165, 1.54) is 29.2 Å². The number of aliphatic carboxylic acids is 1. The predicted octanol–water partition coefficient (Wildman–Crippen LogP) is 5.81. The summed E-state index contributed by atoms with van der Waals surface area (Å²) in [5, 5.41) is 8.59. The molecule has 196 valence electrons. The van der Waals surface area contributed by atoms with Gasteiger partial charge < -0.3 is 5.11 Å². The number of amides is 1. The summed E-state index contributed by atoms with van der Waals surface area (Å²) in [6, 6.07) is 5.20. The van der Waals surface area contributed by atoms with Crippen LogP contribution < -0.4 is 0 Å². The number of carboxylic acids is 1. The van der Waals surface area contributed by atoms with Gasteiger partial charge in [0.2, 0.25) is 5.78 Å². The molecule has 0 unspecified atom stereocenters. The number of rotatable bonds is 8. The largest absolute Gasteiger partial charge is 0.476 e. The van der Waals surface area contributed by atoms with Gasteiger partial charge in [-0.1, -0.05) is 30.0 Å². The van der Waals surface area contributed by atoms with E-state index in [4.69, 9.17) is 17.3 Å². The Kier molecular flexibility index (Phi) is 8.42. The number of ketones is 1. The maximum atomic E-state index is 13.2.